The third kappa shape index (κ3) is 5.07. The topological polar surface area (TPSA) is 96.1 Å². The van der Waals surface area contributed by atoms with Gasteiger partial charge in [0.2, 0.25) is 0 Å². The Bertz CT molecular complexity index is 346. The molecule has 1 heterocycles. The summed E-state index contributed by atoms with van der Waals surface area (Å²) in [4.78, 5) is 27.1. The van der Waals surface area contributed by atoms with Gasteiger partial charge in [-0.05, 0) is 20.8 Å². The van der Waals surface area contributed by atoms with Crippen LogP contribution in [0.5, 0.6) is 0 Å². The molecule has 0 bridgehead atoms. The smallest absolute Gasteiger partial charge is 0.332 e. The highest BCUT2D eigenvalue weighted by atomic mass is 16.5. The van der Waals surface area contributed by atoms with E-state index < -0.39 is 23.5 Å². The number of hydrogen-bond donors (Lipinski definition) is 2. The first-order valence-corrected chi connectivity index (χ1v) is 6.90. The molecule has 1 atom stereocenters. The summed E-state index contributed by atoms with van der Waals surface area (Å²) in [6.07, 6.45) is 0. The Labute approximate surface area is 119 Å². The minimum absolute atomic E-state index is 0.208. The number of aliphatic hydroxyl groups is 1. The summed E-state index contributed by atoms with van der Waals surface area (Å²) in [7, 11) is 0. The van der Waals surface area contributed by atoms with E-state index in [1.807, 2.05) is 0 Å². The van der Waals surface area contributed by atoms with Crippen molar-refractivity contribution in [3.63, 3.8) is 0 Å². The van der Waals surface area contributed by atoms with Crippen LogP contribution in [0.1, 0.15) is 20.8 Å². The molecule has 0 radical (unpaired) electrons. The van der Waals surface area contributed by atoms with Crippen LogP contribution in [0.2, 0.25) is 0 Å². The molecular weight excluding hydrogens is 262 g/mol. The molecule has 116 valence electrons. The average molecular weight is 287 g/mol. The van der Waals surface area contributed by atoms with Gasteiger partial charge in [-0.3, -0.25) is 9.69 Å². The average Bonchev–Trinajstić information content (AvgIpc) is 2.36. The van der Waals surface area contributed by atoms with Crippen LogP contribution in [0.3, 0.4) is 0 Å². The lowest BCUT2D eigenvalue weighted by Gasteiger charge is -2.37. The van der Waals surface area contributed by atoms with Crippen molar-refractivity contribution in [1.82, 2.24) is 9.80 Å². The monoisotopic (exact) mass is 287 g/mol. The lowest BCUT2D eigenvalue weighted by molar-refractivity contribution is -0.151. The minimum Gasteiger partial charge on any atom is -0.464 e. The Kier molecular flexibility index (Phi) is 5.91. The van der Waals surface area contributed by atoms with E-state index in [-0.39, 0.29) is 6.61 Å². The zero-order valence-corrected chi connectivity index (χ0v) is 12.5. The quantitative estimate of drug-likeness (QED) is 0.487. The van der Waals surface area contributed by atoms with Crippen LogP contribution in [-0.2, 0) is 14.3 Å². The molecule has 1 rings (SSSR count). The number of hydrogen-bond acceptors (Lipinski definition) is 6. The van der Waals surface area contributed by atoms with E-state index in [1.165, 1.54) is 0 Å². The Morgan fingerprint density at radius 1 is 1.30 bits per heavy atom. The first kappa shape index (κ1) is 16.9. The van der Waals surface area contributed by atoms with Crippen LogP contribution >= 0.6 is 0 Å². The van der Waals surface area contributed by atoms with Crippen LogP contribution in [-0.4, -0.2) is 77.8 Å². The first-order chi connectivity index (χ1) is 9.24. The second kappa shape index (κ2) is 7.01. The van der Waals surface area contributed by atoms with Crippen LogP contribution < -0.4 is 5.73 Å². The summed E-state index contributed by atoms with van der Waals surface area (Å²) < 4.78 is 4.75. The van der Waals surface area contributed by atoms with Crippen LogP contribution in [0.4, 0.5) is 0 Å². The van der Waals surface area contributed by atoms with E-state index in [0.29, 0.717) is 32.7 Å². The highest BCUT2D eigenvalue weighted by Crippen LogP contribution is 2.09. The Balaban J connectivity index is 2.45. The first-order valence-electron chi connectivity index (χ1n) is 6.90. The summed E-state index contributed by atoms with van der Waals surface area (Å²) in [5, 5.41) is 9.76. The molecule has 0 aromatic rings. The number of ether oxygens (including phenoxy) is 1. The number of carbonyl (C=O) groups excluding carboxylic acids is 2. The third-order valence-corrected chi connectivity index (χ3v) is 3.10. The standard InChI is InChI=1S/C13H25N3O4/c1-4-20-12(18)10(14)11(17)16-7-5-15(6-8-16)9-13(2,3)19/h10,19H,4-9,14H2,1-3H3. The minimum atomic E-state index is -1.24. The van der Waals surface area contributed by atoms with Crippen molar-refractivity contribution in [3.05, 3.63) is 0 Å². The van der Waals surface area contributed by atoms with Gasteiger partial charge in [-0.15, -0.1) is 0 Å². The molecular formula is C13H25N3O4. The lowest BCUT2D eigenvalue weighted by Crippen LogP contribution is -2.56. The van der Waals surface area contributed by atoms with Crippen molar-refractivity contribution in [2.24, 2.45) is 5.73 Å². The largest absolute Gasteiger partial charge is 0.464 e. The van der Waals surface area contributed by atoms with E-state index >= 15 is 0 Å². The molecule has 0 aliphatic carbocycles. The summed E-state index contributed by atoms with van der Waals surface area (Å²) in [5.74, 6) is -1.08. The van der Waals surface area contributed by atoms with Gasteiger partial charge >= 0.3 is 5.97 Å². The molecule has 7 nitrogen and oxygen atoms in total. The van der Waals surface area contributed by atoms with E-state index in [2.05, 4.69) is 4.90 Å². The molecule has 1 unspecified atom stereocenters. The second-order valence-corrected chi connectivity index (χ2v) is 5.64. The van der Waals surface area contributed by atoms with Crippen LogP contribution in [0.15, 0.2) is 0 Å². The van der Waals surface area contributed by atoms with Gasteiger partial charge in [0.05, 0.1) is 12.2 Å². The highest BCUT2D eigenvalue weighted by molar-refractivity contribution is 6.01. The zero-order chi connectivity index (χ0) is 15.3. The second-order valence-electron chi connectivity index (χ2n) is 5.64. The Morgan fingerprint density at radius 2 is 1.85 bits per heavy atom. The zero-order valence-electron chi connectivity index (χ0n) is 12.5. The van der Waals surface area contributed by atoms with Crippen molar-refractivity contribution in [2.75, 3.05) is 39.3 Å². The van der Waals surface area contributed by atoms with Crippen LogP contribution in [0.25, 0.3) is 0 Å². The van der Waals surface area contributed by atoms with E-state index in [0.717, 1.165) is 0 Å². The number of amides is 1. The van der Waals surface area contributed by atoms with Gasteiger partial charge in [0, 0.05) is 32.7 Å². The number of β-amino-alcohol motifs (C(OH)–C–C–N with tert-alkyl or cyclic N) is 1. The van der Waals surface area contributed by atoms with Crippen molar-refractivity contribution in [1.29, 1.82) is 0 Å². The van der Waals surface area contributed by atoms with Gasteiger partial charge in [-0.2, -0.15) is 0 Å². The van der Waals surface area contributed by atoms with Crippen molar-refractivity contribution >= 4 is 11.9 Å². The predicted molar refractivity (Wildman–Crippen MR) is 73.9 cm³/mol. The third-order valence-electron chi connectivity index (χ3n) is 3.10. The van der Waals surface area contributed by atoms with Gasteiger partial charge in [0.25, 0.3) is 5.91 Å². The fourth-order valence-electron chi connectivity index (χ4n) is 2.20. The van der Waals surface area contributed by atoms with E-state index in [4.69, 9.17) is 10.5 Å². The highest BCUT2D eigenvalue weighted by Gasteiger charge is 2.31. The molecule has 0 spiro atoms. The molecule has 1 saturated heterocycles. The lowest BCUT2D eigenvalue weighted by atomic mass is 10.1. The van der Waals surface area contributed by atoms with Gasteiger partial charge in [-0.25, -0.2) is 4.79 Å². The Morgan fingerprint density at radius 3 is 2.30 bits per heavy atom. The van der Waals surface area contributed by atoms with E-state index in [9.17, 15) is 14.7 Å². The summed E-state index contributed by atoms with van der Waals surface area (Å²) in [6.45, 7) is 8.26. The molecule has 1 aliphatic rings. The van der Waals surface area contributed by atoms with Gasteiger partial charge in [0.15, 0.2) is 6.04 Å². The normalized spacial score (nSPS) is 18.8. The summed E-state index contributed by atoms with van der Waals surface area (Å²) in [6, 6.07) is -1.24. The summed E-state index contributed by atoms with van der Waals surface area (Å²) in [5.41, 5.74) is 4.84. The predicted octanol–water partition coefficient (Wildman–Crippen LogP) is -1.21. The molecule has 0 aromatic heterocycles. The van der Waals surface area contributed by atoms with E-state index in [1.54, 1.807) is 25.7 Å². The van der Waals surface area contributed by atoms with Gasteiger partial charge in [-0.1, -0.05) is 0 Å². The molecule has 20 heavy (non-hydrogen) atoms. The molecule has 3 N–H and O–H groups in total. The maximum atomic E-state index is 12.0. The SMILES string of the molecule is CCOC(=O)C(N)C(=O)N1CCN(CC(C)(C)O)CC1. The molecule has 0 aromatic carbocycles. The van der Waals surface area contributed by atoms with Crippen LogP contribution in [0, 0.1) is 0 Å². The maximum Gasteiger partial charge on any atom is 0.332 e. The summed E-state index contributed by atoms with van der Waals surface area (Å²) >= 11 is 0. The van der Waals surface area contributed by atoms with Crippen molar-refractivity contribution in [3.8, 4) is 0 Å². The molecule has 0 saturated carbocycles. The molecule has 1 aliphatic heterocycles. The van der Waals surface area contributed by atoms with Crippen molar-refractivity contribution in [2.45, 2.75) is 32.4 Å². The number of carbonyl (C=O) groups is 2. The fourth-order valence-corrected chi connectivity index (χ4v) is 2.20. The fraction of sp³-hybridized carbons (Fsp3) is 0.846. The maximum absolute atomic E-state index is 12.0. The number of nitrogens with zero attached hydrogens (tertiary/aromatic N) is 2. The number of nitrogens with two attached hydrogens (primary N) is 1. The number of rotatable bonds is 5. The number of esters is 1. The molecule has 1 fully saturated rings. The van der Waals surface area contributed by atoms with Crippen molar-refractivity contribution < 1.29 is 19.4 Å². The molecule has 7 heteroatoms. The number of piperazine rings is 1. The molecule has 1 amide bonds. The van der Waals surface area contributed by atoms with Gasteiger partial charge in [0.1, 0.15) is 0 Å². The Hall–Kier alpha value is -1.18. The van der Waals surface area contributed by atoms with Gasteiger partial charge < -0.3 is 20.5 Å².